The summed E-state index contributed by atoms with van der Waals surface area (Å²) < 4.78 is 5.85. The Balaban J connectivity index is 1.19. The molecule has 0 aliphatic carbocycles. The van der Waals surface area contributed by atoms with Crippen LogP contribution in [-0.2, 0) is 17.8 Å². The van der Waals surface area contributed by atoms with Crippen LogP contribution in [-0.4, -0.2) is 42.8 Å². The number of aromatic nitrogens is 1. The average Bonchev–Trinajstić information content (AvgIpc) is 2.73. The van der Waals surface area contributed by atoms with Crippen molar-refractivity contribution in [3.05, 3.63) is 59.8 Å². The molecule has 4 rings (SSSR count). The average molecular weight is 366 g/mol. The molecule has 142 valence electrons. The number of urea groups is 1. The zero-order valence-electron chi connectivity index (χ0n) is 15.4. The highest BCUT2D eigenvalue weighted by Gasteiger charge is 2.23. The van der Waals surface area contributed by atoms with E-state index in [0.29, 0.717) is 13.2 Å². The standard InChI is InChI=1S/C21H26N4O2/c26-21(23-14-19-13-16-5-1-2-6-17(16)15-27-19)24-18-8-11-25(12-9-18)20-7-3-4-10-22-20/h1-7,10,18-19H,8-9,11-15H2,(H2,23,24,26)/t19-/m0/s1. The van der Waals surface area contributed by atoms with Gasteiger partial charge in [0.1, 0.15) is 5.82 Å². The molecule has 0 unspecified atom stereocenters. The Hall–Kier alpha value is -2.60. The van der Waals surface area contributed by atoms with Crippen molar-refractivity contribution in [3.63, 3.8) is 0 Å². The van der Waals surface area contributed by atoms with Crippen molar-refractivity contribution in [1.82, 2.24) is 15.6 Å². The van der Waals surface area contributed by atoms with Crippen LogP contribution in [0.15, 0.2) is 48.7 Å². The lowest BCUT2D eigenvalue weighted by Crippen LogP contribution is -2.49. The Morgan fingerprint density at radius 3 is 2.67 bits per heavy atom. The number of piperidine rings is 1. The minimum Gasteiger partial charge on any atom is -0.371 e. The van der Waals surface area contributed by atoms with E-state index < -0.39 is 0 Å². The molecule has 0 spiro atoms. The molecule has 1 saturated heterocycles. The van der Waals surface area contributed by atoms with Gasteiger partial charge in [-0.2, -0.15) is 0 Å². The number of fused-ring (bicyclic) bond motifs is 1. The van der Waals surface area contributed by atoms with E-state index in [1.807, 2.05) is 30.5 Å². The van der Waals surface area contributed by atoms with E-state index >= 15 is 0 Å². The van der Waals surface area contributed by atoms with Gasteiger partial charge < -0.3 is 20.3 Å². The van der Waals surface area contributed by atoms with Crippen LogP contribution in [0.5, 0.6) is 0 Å². The van der Waals surface area contributed by atoms with Crippen LogP contribution in [0, 0.1) is 0 Å². The Bertz CT molecular complexity index is 760. The molecule has 1 fully saturated rings. The highest BCUT2D eigenvalue weighted by molar-refractivity contribution is 5.74. The monoisotopic (exact) mass is 366 g/mol. The van der Waals surface area contributed by atoms with Crippen molar-refractivity contribution in [2.45, 2.75) is 38.0 Å². The second kappa shape index (κ2) is 8.39. The van der Waals surface area contributed by atoms with E-state index in [9.17, 15) is 4.79 Å². The predicted molar refractivity (Wildman–Crippen MR) is 105 cm³/mol. The maximum absolute atomic E-state index is 12.2. The topological polar surface area (TPSA) is 66.5 Å². The number of carbonyl (C=O) groups excluding carboxylic acids is 1. The smallest absolute Gasteiger partial charge is 0.315 e. The first-order valence-electron chi connectivity index (χ1n) is 9.66. The van der Waals surface area contributed by atoms with Crippen molar-refractivity contribution in [2.75, 3.05) is 24.5 Å². The van der Waals surface area contributed by atoms with Gasteiger partial charge in [-0.1, -0.05) is 30.3 Å². The summed E-state index contributed by atoms with van der Waals surface area (Å²) in [4.78, 5) is 18.9. The number of rotatable bonds is 4. The third kappa shape index (κ3) is 4.57. The van der Waals surface area contributed by atoms with Gasteiger partial charge in [0, 0.05) is 38.3 Å². The summed E-state index contributed by atoms with van der Waals surface area (Å²) in [6, 6.07) is 14.4. The number of nitrogens with one attached hydrogen (secondary N) is 2. The molecule has 2 N–H and O–H groups in total. The maximum atomic E-state index is 12.2. The number of carbonyl (C=O) groups is 1. The lowest BCUT2D eigenvalue weighted by Gasteiger charge is -2.33. The van der Waals surface area contributed by atoms with Crippen LogP contribution < -0.4 is 15.5 Å². The SMILES string of the molecule is O=C(NC[C@@H]1Cc2ccccc2CO1)NC1CCN(c2ccccn2)CC1. The van der Waals surface area contributed by atoms with Gasteiger partial charge in [0.2, 0.25) is 0 Å². The number of benzene rings is 1. The first-order chi connectivity index (χ1) is 13.3. The second-order valence-electron chi connectivity index (χ2n) is 7.21. The minimum atomic E-state index is -0.103. The summed E-state index contributed by atoms with van der Waals surface area (Å²) in [5, 5.41) is 6.07. The van der Waals surface area contributed by atoms with E-state index in [1.54, 1.807) is 0 Å². The fourth-order valence-electron chi connectivity index (χ4n) is 3.78. The second-order valence-corrected chi connectivity index (χ2v) is 7.21. The molecule has 6 nitrogen and oxygen atoms in total. The van der Waals surface area contributed by atoms with Gasteiger partial charge >= 0.3 is 6.03 Å². The van der Waals surface area contributed by atoms with Crippen molar-refractivity contribution < 1.29 is 9.53 Å². The van der Waals surface area contributed by atoms with E-state index in [1.165, 1.54) is 11.1 Å². The van der Waals surface area contributed by atoms with Crippen LogP contribution >= 0.6 is 0 Å². The Kier molecular flexibility index (Phi) is 5.53. The molecule has 0 radical (unpaired) electrons. The number of ether oxygens (including phenoxy) is 1. The first kappa shape index (κ1) is 17.8. The normalized spacial score (nSPS) is 20.0. The molecule has 2 aliphatic rings. The molecule has 2 aliphatic heterocycles. The predicted octanol–water partition coefficient (Wildman–Crippen LogP) is 2.49. The number of hydrogen-bond donors (Lipinski definition) is 2. The van der Waals surface area contributed by atoms with Crippen LogP contribution in [0.3, 0.4) is 0 Å². The summed E-state index contributed by atoms with van der Waals surface area (Å²) in [5.74, 6) is 1.01. The van der Waals surface area contributed by atoms with E-state index in [2.05, 4.69) is 38.7 Å². The lowest BCUT2D eigenvalue weighted by atomic mass is 9.99. The third-order valence-corrected chi connectivity index (χ3v) is 5.33. The highest BCUT2D eigenvalue weighted by atomic mass is 16.5. The molecule has 2 amide bonds. The highest BCUT2D eigenvalue weighted by Crippen LogP contribution is 2.20. The fourth-order valence-corrected chi connectivity index (χ4v) is 3.78. The molecule has 0 saturated carbocycles. The van der Waals surface area contributed by atoms with Crippen molar-refractivity contribution >= 4 is 11.8 Å². The number of hydrogen-bond acceptors (Lipinski definition) is 4. The number of amides is 2. The van der Waals surface area contributed by atoms with Crippen LogP contribution in [0.1, 0.15) is 24.0 Å². The molecule has 27 heavy (non-hydrogen) atoms. The summed E-state index contributed by atoms with van der Waals surface area (Å²) in [5.41, 5.74) is 2.57. The Labute approximate surface area is 159 Å². The Morgan fingerprint density at radius 1 is 1.11 bits per heavy atom. The van der Waals surface area contributed by atoms with Gasteiger partial charge in [-0.15, -0.1) is 0 Å². The largest absolute Gasteiger partial charge is 0.371 e. The Morgan fingerprint density at radius 2 is 1.89 bits per heavy atom. The lowest BCUT2D eigenvalue weighted by molar-refractivity contribution is 0.0305. The van der Waals surface area contributed by atoms with Gasteiger partial charge in [0.15, 0.2) is 0 Å². The third-order valence-electron chi connectivity index (χ3n) is 5.33. The van der Waals surface area contributed by atoms with Gasteiger partial charge in [0.25, 0.3) is 0 Å². The van der Waals surface area contributed by atoms with E-state index in [4.69, 9.17) is 4.74 Å². The zero-order valence-corrected chi connectivity index (χ0v) is 15.4. The molecule has 1 aromatic heterocycles. The molecule has 6 heteroatoms. The summed E-state index contributed by atoms with van der Waals surface area (Å²) >= 11 is 0. The quantitative estimate of drug-likeness (QED) is 0.873. The van der Waals surface area contributed by atoms with E-state index in [-0.39, 0.29) is 18.2 Å². The first-order valence-corrected chi connectivity index (χ1v) is 9.66. The van der Waals surface area contributed by atoms with Gasteiger partial charge in [0.05, 0.1) is 12.7 Å². The molecular formula is C21H26N4O2. The molecule has 1 aromatic carbocycles. The van der Waals surface area contributed by atoms with Crippen LogP contribution in [0.2, 0.25) is 0 Å². The molecule has 1 atom stereocenters. The molecule has 0 bridgehead atoms. The van der Waals surface area contributed by atoms with Gasteiger partial charge in [-0.25, -0.2) is 9.78 Å². The van der Waals surface area contributed by atoms with Gasteiger partial charge in [-0.05, 0) is 36.1 Å². The fraction of sp³-hybridized carbons (Fsp3) is 0.429. The summed E-state index contributed by atoms with van der Waals surface area (Å²) in [7, 11) is 0. The van der Waals surface area contributed by atoms with E-state index in [0.717, 1.165) is 38.2 Å². The molecular weight excluding hydrogens is 340 g/mol. The van der Waals surface area contributed by atoms with Crippen molar-refractivity contribution in [3.8, 4) is 0 Å². The van der Waals surface area contributed by atoms with Crippen molar-refractivity contribution in [2.24, 2.45) is 0 Å². The minimum absolute atomic E-state index is 0.0386. The number of pyridine rings is 1. The number of nitrogens with zero attached hydrogens (tertiary/aromatic N) is 2. The number of anilines is 1. The zero-order chi connectivity index (χ0) is 18.5. The maximum Gasteiger partial charge on any atom is 0.315 e. The molecule has 2 aromatic rings. The summed E-state index contributed by atoms with van der Waals surface area (Å²) in [6.07, 6.45) is 4.56. The van der Waals surface area contributed by atoms with Crippen LogP contribution in [0.4, 0.5) is 10.6 Å². The van der Waals surface area contributed by atoms with Crippen molar-refractivity contribution in [1.29, 1.82) is 0 Å². The summed E-state index contributed by atoms with van der Waals surface area (Å²) in [6.45, 7) is 2.97. The van der Waals surface area contributed by atoms with Gasteiger partial charge in [-0.3, -0.25) is 0 Å². The van der Waals surface area contributed by atoms with Crippen LogP contribution in [0.25, 0.3) is 0 Å². The molecule has 3 heterocycles.